The fourth-order valence-electron chi connectivity index (χ4n) is 3.78. The summed E-state index contributed by atoms with van der Waals surface area (Å²) in [6.45, 7) is 3.84. The largest absolute Gasteiger partial charge is 0.348 e. The van der Waals surface area contributed by atoms with Crippen molar-refractivity contribution in [3.8, 4) is 11.3 Å². The van der Waals surface area contributed by atoms with E-state index >= 15 is 0 Å². The van der Waals surface area contributed by atoms with E-state index in [0.717, 1.165) is 47.9 Å². The van der Waals surface area contributed by atoms with Crippen molar-refractivity contribution in [3.05, 3.63) is 70.5 Å². The van der Waals surface area contributed by atoms with Gasteiger partial charge in [-0.05, 0) is 31.9 Å². The molecule has 1 aromatic heterocycles. The van der Waals surface area contributed by atoms with Crippen molar-refractivity contribution < 1.29 is 9.59 Å². The minimum Gasteiger partial charge on any atom is -0.348 e. The maximum Gasteiger partial charge on any atom is 0.263 e. The highest BCUT2D eigenvalue weighted by atomic mass is 32.1. The van der Waals surface area contributed by atoms with Crippen molar-refractivity contribution >= 4 is 28.8 Å². The Balaban J connectivity index is 1.29. The van der Waals surface area contributed by atoms with E-state index in [1.807, 2.05) is 67.6 Å². The molecule has 1 saturated heterocycles. The number of hydrogen-bond donors (Lipinski definition) is 2. The van der Waals surface area contributed by atoms with E-state index in [-0.39, 0.29) is 17.9 Å². The van der Waals surface area contributed by atoms with Gasteiger partial charge in [-0.15, -0.1) is 11.3 Å². The number of carbonyl (C=O) groups excluding carboxylic acids is 2. The SMILES string of the molecule is Cc1nc(-c2ccccc2)c(C(=O)NC2CCN(CC(=O)Nc3ccccc3)CC2)s1. The van der Waals surface area contributed by atoms with Crippen LogP contribution in [0, 0.1) is 6.92 Å². The zero-order valence-electron chi connectivity index (χ0n) is 17.5. The van der Waals surface area contributed by atoms with Crippen LogP contribution in [0.5, 0.6) is 0 Å². The van der Waals surface area contributed by atoms with Crippen LogP contribution >= 0.6 is 11.3 Å². The summed E-state index contributed by atoms with van der Waals surface area (Å²) in [6, 6.07) is 19.4. The number of anilines is 1. The number of aromatic nitrogens is 1. The fourth-order valence-corrected chi connectivity index (χ4v) is 4.63. The van der Waals surface area contributed by atoms with Gasteiger partial charge >= 0.3 is 0 Å². The highest BCUT2D eigenvalue weighted by Gasteiger charge is 2.25. The molecule has 160 valence electrons. The molecule has 0 radical (unpaired) electrons. The molecule has 0 atom stereocenters. The van der Waals surface area contributed by atoms with Crippen LogP contribution in [0.2, 0.25) is 0 Å². The van der Waals surface area contributed by atoms with Gasteiger partial charge in [-0.25, -0.2) is 4.98 Å². The highest BCUT2D eigenvalue weighted by Crippen LogP contribution is 2.28. The maximum absolute atomic E-state index is 13.0. The monoisotopic (exact) mass is 434 g/mol. The molecule has 4 rings (SSSR count). The number of nitrogens with zero attached hydrogens (tertiary/aromatic N) is 2. The van der Waals surface area contributed by atoms with Gasteiger partial charge in [0.1, 0.15) is 4.88 Å². The summed E-state index contributed by atoms with van der Waals surface area (Å²) in [6.07, 6.45) is 1.64. The van der Waals surface area contributed by atoms with Crippen molar-refractivity contribution in [1.82, 2.24) is 15.2 Å². The van der Waals surface area contributed by atoms with Crippen LogP contribution < -0.4 is 10.6 Å². The minimum absolute atomic E-state index is 0.0127. The molecule has 2 heterocycles. The third-order valence-electron chi connectivity index (χ3n) is 5.34. The molecule has 0 aliphatic carbocycles. The van der Waals surface area contributed by atoms with E-state index in [1.165, 1.54) is 11.3 Å². The number of nitrogens with one attached hydrogen (secondary N) is 2. The first-order chi connectivity index (χ1) is 15.1. The van der Waals surface area contributed by atoms with E-state index in [0.29, 0.717) is 11.4 Å². The van der Waals surface area contributed by atoms with Crippen LogP contribution in [0.4, 0.5) is 5.69 Å². The lowest BCUT2D eigenvalue weighted by Crippen LogP contribution is -2.46. The quantitative estimate of drug-likeness (QED) is 0.616. The second kappa shape index (κ2) is 9.85. The average Bonchev–Trinajstić information content (AvgIpc) is 3.18. The molecule has 1 fully saturated rings. The summed E-state index contributed by atoms with van der Waals surface area (Å²) in [5.74, 6) is -0.0777. The summed E-state index contributed by atoms with van der Waals surface area (Å²) in [5, 5.41) is 6.98. The standard InChI is InChI=1S/C24H26N4O2S/c1-17-25-22(18-8-4-2-5-9-18)23(31-17)24(30)27-20-12-14-28(15-13-20)16-21(29)26-19-10-6-3-7-11-19/h2-11,20H,12-16H2,1H3,(H,26,29)(H,27,30). The number of carbonyl (C=O) groups is 2. The predicted octanol–water partition coefficient (Wildman–Crippen LogP) is 3.95. The summed E-state index contributed by atoms with van der Waals surface area (Å²) >= 11 is 1.43. The van der Waals surface area contributed by atoms with Crippen molar-refractivity contribution in [2.24, 2.45) is 0 Å². The van der Waals surface area contributed by atoms with Gasteiger partial charge in [0, 0.05) is 30.4 Å². The normalized spacial score (nSPS) is 14.9. The Morgan fingerprint density at radius 2 is 1.68 bits per heavy atom. The molecule has 6 nitrogen and oxygen atoms in total. The van der Waals surface area contributed by atoms with Crippen LogP contribution in [0.15, 0.2) is 60.7 Å². The summed E-state index contributed by atoms with van der Waals surface area (Å²) < 4.78 is 0. The van der Waals surface area contributed by atoms with Gasteiger partial charge in [-0.2, -0.15) is 0 Å². The first kappa shape index (κ1) is 21.2. The molecule has 0 unspecified atom stereocenters. The number of rotatable bonds is 6. The minimum atomic E-state index is -0.0651. The number of piperidine rings is 1. The van der Waals surface area contributed by atoms with E-state index in [1.54, 1.807) is 0 Å². The maximum atomic E-state index is 13.0. The summed E-state index contributed by atoms with van der Waals surface area (Å²) in [5.41, 5.74) is 2.51. The van der Waals surface area contributed by atoms with Crippen LogP contribution in [0.3, 0.4) is 0 Å². The molecule has 3 aromatic rings. The Hall–Kier alpha value is -3.03. The molecule has 7 heteroatoms. The zero-order valence-corrected chi connectivity index (χ0v) is 18.3. The van der Waals surface area contributed by atoms with E-state index in [9.17, 15) is 9.59 Å². The molecule has 2 amide bonds. The Kier molecular flexibility index (Phi) is 6.74. The molecule has 1 aliphatic rings. The molecule has 0 spiro atoms. The first-order valence-electron chi connectivity index (χ1n) is 10.5. The van der Waals surface area contributed by atoms with Crippen molar-refractivity contribution in [2.75, 3.05) is 25.0 Å². The van der Waals surface area contributed by atoms with E-state index in [4.69, 9.17) is 0 Å². The van der Waals surface area contributed by atoms with Gasteiger partial charge < -0.3 is 10.6 Å². The molecule has 2 N–H and O–H groups in total. The van der Waals surface area contributed by atoms with Crippen LogP contribution in [-0.2, 0) is 4.79 Å². The highest BCUT2D eigenvalue weighted by molar-refractivity contribution is 7.14. The smallest absolute Gasteiger partial charge is 0.263 e. The number of benzene rings is 2. The van der Waals surface area contributed by atoms with Crippen molar-refractivity contribution in [1.29, 1.82) is 0 Å². The first-order valence-corrected chi connectivity index (χ1v) is 11.3. The van der Waals surface area contributed by atoms with Gasteiger partial charge in [0.25, 0.3) is 5.91 Å². The number of likely N-dealkylation sites (tertiary alicyclic amines) is 1. The summed E-state index contributed by atoms with van der Waals surface area (Å²) in [7, 11) is 0. The van der Waals surface area contributed by atoms with Gasteiger partial charge in [-0.1, -0.05) is 48.5 Å². The Morgan fingerprint density at radius 3 is 2.35 bits per heavy atom. The summed E-state index contributed by atoms with van der Waals surface area (Å²) in [4.78, 5) is 32.6. The Labute approximate surface area is 186 Å². The van der Waals surface area contributed by atoms with E-state index < -0.39 is 0 Å². The van der Waals surface area contributed by atoms with Crippen LogP contribution in [0.25, 0.3) is 11.3 Å². The van der Waals surface area contributed by atoms with Crippen LogP contribution in [-0.4, -0.2) is 47.4 Å². The molecular weight excluding hydrogens is 408 g/mol. The number of aryl methyl sites for hydroxylation is 1. The van der Waals surface area contributed by atoms with Gasteiger partial charge in [0.05, 0.1) is 17.2 Å². The molecule has 0 bridgehead atoms. The van der Waals surface area contributed by atoms with E-state index in [2.05, 4.69) is 20.5 Å². The Morgan fingerprint density at radius 1 is 1.03 bits per heavy atom. The topological polar surface area (TPSA) is 74.3 Å². The van der Waals surface area contributed by atoms with Crippen LogP contribution in [0.1, 0.15) is 27.5 Å². The molecule has 31 heavy (non-hydrogen) atoms. The van der Waals surface area contributed by atoms with Crippen molar-refractivity contribution in [3.63, 3.8) is 0 Å². The van der Waals surface area contributed by atoms with Gasteiger partial charge in [0.15, 0.2) is 0 Å². The lowest BCUT2D eigenvalue weighted by atomic mass is 10.0. The fraction of sp³-hybridized carbons (Fsp3) is 0.292. The number of hydrogen-bond acceptors (Lipinski definition) is 5. The molecule has 2 aromatic carbocycles. The second-order valence-electron chi connectivity index (χ2n) is 7.71. The molecule has 1 aliphatic heterocycles. The Bertz CT molecular complexity index is 1030. The second-order valence-corrected chi connectivity index (χ2v) is 8.92. The average molecular weight is 435 g/mol. The molecular formula is C24H26N4O2S. The lowest BCUT2D eigenvalue weighted by Gasteiger charge is -2.31. The number of para-hydroxylation sites is 1. The number of amides is 2. The number of thiazole rings is 1. The van der Waals surface area contributed by atoms with Crippen molar-refractivity contribution in [2.45, 2.75) is 25.8 Å². The predicted molar refractivity (Wildman–Crippen MR) is 124 cm³/mol. The lowest BCUT2D eigenvalue weighted by molar-refractivity contribution is -0.117. The van der Waals surface area contributed by atoms with Gasteiger partial charge in [0.2, 0.25) is 5.91 Å². The zero-order chi connectivity index (χ0) is 21.6. The van der Waals surface area contributed by atoms with Gasteiger partial charge in [-0.3, -0.25) is 14.5 Å². The molecule has 0 saturated carbocycles. The third kappa shape index (κ3) is 5.57. The third-order valence-corrected chi connectivity index (χ3v) is 6.30.